The molecular formula is C20H27N5O2. The van der Waals surface area contributed by atoms with E-state index in [0.29, 0.717) is 11.4 Å². The summed E-state index contributed by atoms with van der Waals surface area (Å²) >= 11 is 0. The van der Waals surface area contributed by atoms with E-state index in [2.05, 4.69) is 10.1 Å². The molecule has 0 atom stereocenters. The second kappa shape index (κ2) is 6.96. The Morgan fingerprint density at radius 3 is 2.33 bits per heavy atom. The van der Waals surface area contributed by atoms with Gasteiger partial charge in [-0.15, -0.1) is 5.10 Å². The number of carbonyl (C=O) groups excluding carboxylic acids is 1. The molecule has 1 spiro atoms. The van der Waals surface area contributed by atoms with Crippen LogP contribution in [0.2, 0.25) is 0 Å². The van der Waals surface area contributed by atoms with Gasteiger partial charge < -0.3 is 14.5 Å². The lowest BCUT2D eigenvalue weighted by Crippen LogP contribution is -2.53. The van der Waals surface area contributed by atoms with Crippen LogP contribution in [-0.2, 0) is 11.3 Å². The van der Waals surface area contributed by atoms with Gasteiger partial charge in [0.05, 0.1) is 12.2 Å². The van der Waals surface area contributed by atoms with Crippen LogP contribution in [0, 0.1) is 0 Å². The van der Waals surface area contributed by atoms with Crippen LogP contribution in [0.25, 0.3) is 11.4 Å². The highest BCUT2D eigenvalue weighted by Crippen LogP contribution is 2.37. The fraction of sp³-hybridized carbons (Fsp3) is 0.550. The zero-order valence-corrected chi connectivity index (χ0v) is 16.3. The van der Waals surface area contributed by atoms with Crippen molar-refractivity contribution >= 4 is 11.9 Å². The Hall–Kier alpha value is -2.41. The molecule has 0 N–H and O–H groups in total. The molecule has 7 nitrogen and oxygen atoms in total. The summed E-state index contributed by atoms with van der Waals surface area (Å²) in [6.07, 6.45) is 3.03. The molecule has 0 unspecified atom stereocenters. The number of aromatic nitrogens is 3. The van der Waals surface area contributed by atoms with Crippen LogP contribution >= 0.6 is 0 Å². The van der Waals surface area contributed by atoms with Crippen LogP contribution in [0.15, 0.2) is 24.3 Å². The third-order valence-electron chi connectivity index (χ3n) is 5.67. The van der Waals surface area contributed by atoms with Gasteiger partial charge in [0.2, 0.25) is 5.95 Å². The minimum absolute atomic E-state index is 0.0640. The van der Waals surface area contributed by atoms with Crippen molar-refractivity contribution in [2.45, 2.75) is 38.3 Å². The Morgan fingerprint density at radius 1 is 1.19 bits per heavy atom. The highest BCUT2D eigenvalue weighted by molar-refractivity contribution is 5.94. The second-order valence-electron chi connectivity index (χ2n) is 7.60. The van der Waals surface area contributed by atoms with Gasteiger partial charge in [-0.1, -0.05) is 12.1 Å². The average molecular weight is 369 g/mol. The molecule has 144 valence electrons. The highest BCUT2D eigenvalue weighted by Gasteiger charge is 2.41. The summed E-state index contributed by atoms with van der Waals surface area (Å²) in [4.78, 5) is 21.3. The first-order valence-corrected chi connectivity index (χ1v) is 9.67. The maximum absolute atomic E-state index is 12.8. The summed E-state index contributed by atoms with van der Waals surface area (Å²) in [5, 5.41) is 4.57. The molecule has 0 saturated carbocycles. The van der Waals surface area contributed by atoms with Crippen molar-refractivity contribution in [2.75, 3.05) is 38.7 Å². The molecule has 2 aliphatic rings. The predicted molar refractivity (Wildman–Crippen MR) is 104 cm³/mol. The quantitative estimate of drug-likeness (QED) is 0.828. The van der Waals surface area contributed by atoms with E-state index in [1.165, 1.54) is 0 Å². The molecule has 27 heavy (non-hydrogen) atoms. The Morgan fingerprint density at radius 2 is 1.85 bits per heavy atom. The number of rotatable bonds is 4. The number of anilines is 1. The molecule has 3 heterocycles. The van der Waals surface area contributed by atoms with Crippen molar-refractivity contribution in [2.24, 2.45) is 0 Å². The number of nitrogens with zero attached hydrogens (tertiary/aromatic N) is 5. The first-order chi connectivity index (χ1) is 13.0. The van der Waals surface area contributed by atoms with E-state index in [4.69, 9.17) is 4.74 Å². The molecule has 2 saturated heterocycles. The summed E-state index contributed by atoms with van der Waals surface area (Å²) in [5.41, 5.74) is 1.70. The van der Waals surface area contributed by atoms with Crippen LogP contribution < -0.4 is 4.90 Å². The predicted octanol–water partition coefficient (Wildman–Crippen LogP) is 2.43. The largest absolute Gasteiger partial charge is 0.375 e. The lowest BCUT2D eigenvalue weighted by molar-refractivity contribution is -0.169. The van der Waals surface area contributed by atoms with Crippen molar-refractivity contribution in [1.82, 2.24) is 19.7 Å². The van der Waals surface area contributed by atoms with Crippen molar-refractivity contribution < 1.29 is 9.53 Å². The first-order valence-electron chi connectivity index (χ1n) is 9.67. The second-order valence-corrected chi connectivity index (χ2v) is 7.60. The van der Waals surface area contributed by atoms with Gasteiger partial charge in [-0.2, -0.15) is 4.98 Å². The normalized spacial score (nSPS) is 18.4. The van der Waals surface area contributed by atoms with Gasteiger partial charge >= 0.3 is 0 Å². The molecule has 1 aromatic carbocycles. The third kappa shape index (κ3) is 3.32. The number of likely N-dealkylation sites (tertiary alicyclic amines) is 1. The molecule has 1 amide bonds. The van der Waals surface area contributed by atoms with Gasteiger partial charge in [-0.3, -0.25) is 4.79 Å². The standard InChI is InChI=1S/C20H27N5O2/c1-4-25-19(23(2)3)21-17(22-25)15-5-7-16(8-6-15)18(26)24-12-9-20(10-13-24)11-14-27-20/h5-8H,4,9-14H2,1-3H3. The summed E-state index contributed by atoms with van der Waals surface area (Å²) < 4.78 is 7.61. The molecular weight excluding hydrogens is 342 g/mol. The maximum atomic E-state index is 12.8. The molecule has 4 rings (SSSR count). The van der Waals surface area contributed by atoms with E-state index in [1.54, 1.807) is 0 Å². The Balaban J connectivity index is 1.46. The zero-order valence-electron chi connectivity index (χ0n) is 16.3. The minimum Gasteiger partial charge on any atom is -0.375 e. The van der Waals surface area contributed by atoms with Gasteiger partial charge in [0.1, 0.15) is 0 Å². The van der Waals surface area contributed by atoms with Crippen LogP contribution in [0.3, 0.4) is 0 Å². The highest BCUT2D eigenvalue weighted by atomic mass is 16.5. The zero-order chi connectivity index (χ0) is 19.0. The summed E-state index contributed by atoms with van der Waals surface area (Å²) in [6.45, 7) is 5.22. The summed E-state index contributed by atoms with van der Waals surface area (Å²) in [7, 11) is 3.91. The van der Waals surface area contributed by atoms with Gasteiger partial charge in [0.15, 0.2) is 5.82 Å². The van der Waals surface area contributed by atoms with Gasteiger partial charge in [0.25, 0.3) is 5.91 Å². The van der Waals surface area contributed by atoms with E-state index >= 15 is 0 Å². The Labute approximate surface area is 159 Å². The van der Waals surface area contributed by atoms with E-state index in [9.17, 15) is 4.79 Å². The van der Waals surface area contributed by atoms with E-state index < -0.39 is 0 Å². The van der Waals surface area contributed by atoms with Gasteiger partial charge in [0, 0.05) is 44.9 Å². The molecule has 2 aliphatic heterocycles. The van der Waals surface area contributed by atoms with Crippen LogP contribution in [0.4, 0.5) is 5.95 Å². The van der Waals surface area contributed by atoms with Crippen LogP contribution in [-0.4, -0.2) is 65.0 Å². The Bertz CT molecular complexity index is 813. The van der Waals surface area contributed by atoms with Crippen LogP contribution in [0.1, 0.15) is 36.5 Å². The van der Waals surface area contributed by atoms with E-state index in [1.807, 2.05) is 59.8 Å². The third-order valence-corrected chi connectivity index (χ3v) is 5.67. The summed E-state index contributed by atoms with van der Waals surface area (Å²) in [6, 6.07) is 7.62. The topological polar surface area (TPSA) is 63.5 Å². The van der Waals surface area contributed by atoms with E-state index in [-0.39, 0.29) is 11.5 Å². The number of piperidine rings is 1. The summed E-state index contributed by atoms with van der Waals surface area (Å²) in [5.74, 6) is 1.60. The number of amides is 1. The number of aryl methyl sites for hydroxylation is 1. The molecule has 7 heteroatoms. The number of hydrogen-bond acceptors (Lipinski definition) is 5. The smallest absolute Gasteiger partial charge is 0.253 e. The Kier molecular flexibility index (Phi) is 4.63. The lowest BCUT2D eigenvalue weighted by Gasteiger charge is -2.47. The number of ether oxygens (including phenoxy) is 1. The molecule has 0 radical (unpaired) electrons. The minimum atomic E-state index is 0.0640. The first kappa shape index (κ1) is 18.0. The number of benzene rings is 1. The van der Waals surface area contributed by atoms with Crippen molar-refractivity contribution in [3.05, 3.63) is 29.8 Å². The molecule has 1 aromatic heterocycles. The SMILES string of the molecule is CCn1nc(-c2ccc(C(=O)N3CCC4(CCO4)CC3)cc2)nc1N(C)C. The van der Waals surface area contributed by atoms with Crippen molar-refractivity contribution in [3.63, 3.8) is 0 Å². The fourth-order valence-electron chi connectivity index (χ4n) is 3.85. The average Bonchev–Trinajstić information content (AvgIpc) is 3.11. The molecule has 0 bridgehead atoms. The number of carbonyl (C=O) groups is 1. The van der Waals surface area contributed by atoms with Crippen molar-refractivity contribution in [3.8, 4) is 11.4 Å². The van der Waals surface area contributed by atoms with E-state index in [0.717, 1.165) is 57.0 Å². The van der Waals surface area contributed by atoms with Crippen molar-refractivity contribution in [1.29, 1.82) is 0 Å². The molecule has 0 aliphatic carbocycles. The maximum Gasteiger partial charge on any atom is 0.253 e. The van der Waals surface area contributed by atoms with Gasteiger partial charge in [-0.05, 0) is 38.3 Å². The molecule has 2 fully saturated rings. The number of hydrogen-bond donors (Lipinski definition) is 0. The lowest BCUT2D eigenvalue weighted by atomic mass is 9.84. The molecule has 2 aromatic rings. The van der Waals surface area contributed by atoms with Crippen LogP contribution in [0.5, 0.6) is 0 Å². The fourth-order valence-corrected chi connectivity index (χ4v) is 3.85. The van der Waals surface area contributed by atoms with Gasteiger partial charge in [-0.25, -0.2) is 4.68 Å². The monoisotopic (exact) mass is 369 g/mol.